The van der Waals surface area contributed by atoms with Gasteiger partial charge in [0.05, 0.1) is 0 Å². The standard InChI is InChI=1S/C17H12Br2ClNO3S/c18-9-1-4-13(19)14(7-9)25(23,24)21-17(22)16-12-6-8-5-10(20)2-3-11(8)15(12)16/h1-5,7,12,15-16H,6H2,(H,21,22). The molecule has 8 heteroatoms. The zero-order valence-electron chi connectivity index (χ0n) is 12.7. The van der Waals surface area contributed by atoms with Crippen LogP contribution >= 0.6 is 43.5 Å². The third-order valence-electron chi connectivity index (χ3n) is 4.81. The molecule has 2 aliphatic carbocycles. The van der Waals surface area contributed by atoms with E-state index in [4.69, 9.17) is 11.6 Å². The molecule has 0 spiro atoms. The van der Waals surface area contributed by atoms with E-state index in [1.807, 2.05) is 18.2 Å². The Kier molecular flexibility index (Phi) is 4.26. The van der Waals surface area contributed by atoms with Crippen molar-refractivity contribution in [2.45, 2.75) is 17.2 Å². The first-order chi connectivity index (χ1) is 11.8. The number of carbonyl (C=O) groups is 1. The second-order valence-electron chi connectivity index (χ2n) is 6.31. The molecule has 2 aromatic rings. The van der Waals surface area contributed by atoms with Crippen molar-refractivity contribution < 1.29 is 13.2 Å². The monoisotopic (exact) mass is 503 g/mol. The van der Waals surface area contributed by atoms with Crippen molar-refractivity contribution in [2.75, 3.05) is 0 Å². The molecule has 2 aromatic carbocycles. The minimum atomic E-state index is -3.93. The Labute approximate surface area is 167 Å². The quantitative estimate of drug-likeness (QED) is 0.678. The fraction of sp³-hybridized carbons (Fsp3) is 0.235. The third kappa shape index (κ3) is 3.05. The lowest BCUT2D eigenvalue weighted by atomic mass is 10.0. The van der Waals surface area contributed by atoms with Gasteiger partial charge in [-0.25, -0.2) is 13.1 Å². The molecular formula is C17H12Br2ClNO3S. The van der Waals surface area contributed by atoms with Gasteiger partial charge in [-0.3, -0.25) is 4.79 Å². The van der Waals surface area contributed by atoms with Gasteiger partial charge in [0.25, 0.3) is 10.0 Å². The van der Waals surface area contributed by atoms with Gasteiger partial charge in [0.2, 0.25) is 5.91 Å². The summed E-state index contributed by atoms with van der Waals surface area (Å²) in [6.07, 6.45) is 0.763. The molecule has 0 aromatic heterocycles. The maximum Gasteiger partial charge on any atom is 0.265 e. The largest absolute Gasteiger partial charge is 0.274 e. The highest BCUT2D eigenvalue weighted by Gasteiger charge is 2.59. The average Bonchev–Trinajstić information content (AvgIpc) is 3.12. The number of sulfonamides is 1. The molecule has 130 valence electrons. The molecule has 1 saturated carbocycles. The highest BCUT2D eigenvalue weighted by atomic mass is 79.9. The summed E-state index contributed by atoms with van der Waals surface area (Å²) in [4.78, 5) is 12.6. The highest BCUT2D eigenvalue weighted by Crippen LogP contribution is 2.61. The molecular weight excluding hydrogens is 494 g/mol. The fourth-order valence-corrected chi connectivity index (χ4v) is 6.39. The lowest BCUT2D eigenvalue weighted by molar-refractivity contribution is -0.121. The van der Waals surface area contributed by atoms with E-state index in [0.717, 1.165) is 17.5 Å². The molecule has 4 rings (SSSR count). The lowest BCUT2D eigenvalue weighted by Gasteiger charge is -2.11. The number of benzene rings is 2. The van der Waals surface area contributed by atoms with Crippen molar-refractivity contribution in [2.24, 2.45) is 11.8 Å². The van der Waals surface area contributed by atoms with Gasteiger partial charge in [-0.15, -0.1) is 0 Å². The minimum Gasteiger partial charge on any atom is -0.274 e. The fourth-order valence-electron chi connectivity index (χ4n) is 3.68. The van der Waals surface area contributed by atoms with Crippen molar-refractivity contribution in [1.29, 1.82) is 0 Å². The second kappa shape index (κ2) is 6.08. The van der Waals surface area contributed by atoms with Crippen LogP contribution in [0.25, 0.3) is 0 Å². The smallest absolute Gasteiger partial charge is 0.265 e. The molecule has 4 nitrogen and oxygen atoms in total. The van der Waals surface area contributed by atoms with Crippen LogP contribution in [-0.2, 0) is 21.2 Å². The van der Waals surface area contributed by atoms with Crippen LogP contribution in [0.2, 0.25) is 5.02 Å². The van der Waals surface area contributed by atoms with Crippen LogP contribution < -0.4 is 4.72 Å². The Hall–Kier alpha value is -0.890. The summed E-state index contributed by atoms with van der Waals surface area (Å²) in [5, 5.41) is 0.683. The first kappa shape index (κ1) is 17.5. The van der Waals surface area contributed by atoms with Crippen molar-refractivity contribution in [3.8, 4) is 0 Å². The van der Waals surface area contributed by atoms with Crippen LogP contribution in [0.1, 0.15) is 17.0 Å². The molecule has 25 heavy (non-hydrogen) atoms. The summed E-state index contributed by atoms with van der Waals surface area (Å²) in [5.41, 5.74) is 2.26. The van der Waals surface area contributed by atoms with Crippen LogP contribution in [0.4, 0.5) is 0 Å². The zero-order chi connectivity index (χ0) is 17.9. The Balaban J connectivity index is 1.54. The van der Waals surface area contributed by atoms with Crippen LogP contribution in [0.15, 0.2) is 50.2 Å². The first-order valence-corrected chi connectivity index (χ1v) is 11.0. The van der Waals surface area contributed by atoms with Crippen LogP contribution in [-0.4, -0.2) is 14.3 Å². The van der Waals surface area contributed by atoms with E-state index >= 15 is 0 Å². The molecule has 0 radical (unpaired) electrons. The highest BCUT2D eigenvalue weighted by molar-refractivity contribution is 9.11. The average molecular weight is 506 g/mol. The predicted octanol–water partition coefficient (Wildman–Crippen LogP) is 4.26. The minimum absolute atomic E-state index is 0.0354. The summed E-state index contributed by atoms with van der Waals surface area (Å²) in [6, 6.07) is 10.5. The number of halogens is 3. The molecule has 1 N–H and O–H groups in total. The molecule has 0 saturated heterocycles. The first-order valence-electron chi connectivity index (χ1n) is 7.58. The Morgan fingerprint density at radius 2 is 1.92 bits per heavy atom. The molecule has 0 bridgehead atoms. The van der Waals surface area contributed by atoms with Crippen molar-refractivity contribution in [1.82, 2.24) is 4.72 Å². The maximum atomic E-state index is 12.6. The van der Waals surface area contributed by atoms with Crippen LogP contribution in [0, 0.1) is 11.8 Å². The van der Waals surface area contributed by atoms with Crippen molar-refractivity contribution in [3.05, 3.63) is 61.5 Å². The van der Waals surface area contributed by atoms with E-state index < -0.39 is 15.9 Å². The molecule has 3 unspecified atom stereocenters. The van der Waals surface area contributed by atoms with Gasteiger partial charge in [-0.2, -0.15) is 0 Å². The second-order valence-corrected chi connectivity index (χ2v) is 10.2. The van der Waals surface area contributed by atoms with Gasteiger partial charge >= 0.3 is 0 Å². The molecule has 1 amide bonds. The van der Waals surface area contributed by atoms with E-state index in [2.05, 4.69) is 36.6 Å². The van der Waals surface area contributed by atoms with Crippen molar-refractivity contribution in [3.63, 3.8) is 0 Å². The Morgan fingerprint density at radius 3 is 2.68 bits per heavy atom. The van der Waals surface area contributed by atoms with Crippen LogP contribution in [0.5, 0.6) is 0 Å². The van der Waals surface area contributed by atoms with Gasteiger partial charge in [0.15, 0.2) is 0 Å². The normalized spacial score (nSPS) is 23.7. The molecule has 1 fully saturated rings. The lowest BCUT2D eigenvalue weighted by Crippen LogP contribution is -2.33. The molecule has 3 atom stereocenters. The number of fused-ring (bicyclic) bond motifs is 3. The summed E-state index contributed by atoms with van der Waals surface area (Å²) >= 11 is 12.5. The zero-order valence-corrected chi connectivity index (χ0v) is 17.4. The number of hydrogen-bond acceptors (Lipinski definition) is 3. The van der Waals surface area contributed by atoms with Crippen molar-refractivity contribution >= 4 is 59.4 Å². The van der Waals surface area contributed by atoms with Gasteiger partial charge < -0.3 is 0 Å². The van der Waals surface area contributed by atoms with E-state index in [1.165, 1.54) is 6.07 Å². The molecule has 0 heterocycles. The number of hydrogen-bond donors (Lipinski definition) is 1. The Morgan fingerprint density at radius 1 is 1.16 bits per heavy atom. The van der Waals surface area contributed by atoms with E-state index in [9.17, 15) is 13.2 Å². The van der Waals surface area contributed by atoms with Gasteiger partial charge in [0.1, 0.15) is 4.90 Å². The summed E-state index contributed by atoms with van der Waals surface area (Å²) < 4.78 is 28.4. The number of carbonyl (C=O) groups excluding carboxylic acids is 1. The van der Waals surface area contributed by atoms with E-state index in [1.54, 1.807) is 12.1 Å². The van der Waals surface area contributed by atoms with Gasteiger partial charge in [-0.05, 0) is 75.6 Å². The summed E-state index contributed by atoms with van der Waals surface area (Å²) in [5.74, 6) is -0.486. The number of amides is 1. The summed E-state index contributed by atoms with van der Waals surface area (Å²) in [6.45, 7) is 0. The van der Waals surface area contributed by atoms with Gasteiger partial charge in [0, 0.05) is 19.9 Å². The van der Waals surface area contributed by atoms with Gasteiger partial charge in [-0.1, -0.05) is 33.6 Å². The Bertz CT molecular complexity index is 1010. The maximum absolute atomic E-state index is 12.6. The van der Waals surface area contributed by atoms with E-state index in [-0.39, 0.29) is 22.6 Å². The third-order valence-corrected chi connectivity index (χ3v) is 7.88. The number of nitrogens with one attached hydrogen (secondary N) is 1. The number of rotatable bonds is 3. The van der Waals surface area contributed by atoms with Crippen LogP contribution in [0.3, 0.4) is 0 Å². The topological polar surface area (TPSA) is 63.2 Å². The molecule has 2 aliphatic rings. The summed E-state index contributed by atoms with van der Waals surface area (Å²) in [7, 11) is -3.93. The molecule has 0 aliphatic heterocycles. The SMILES string of the molecule is O=C(NS(=O)(=O)c1cc(Br)ccc1Br)C1C2Cc3cc(Cl)ccc3C21. The van der Waals surface area contributed by atoms with E-state index in [0.29, 0.717) is 14.0 Å². The predicted molar refractivity (Wildman–Crippen MR) is 102 cm³/mol.